The number of halogens is 1. The first-order valence-corrected chi connectivity index (χ1v) is 9.58. The Kier molecular flexibility index (Phi) is 4.17. The summed E-state index contributed by atoms with van der Waals surface area (Å²) in [7, 11) is -3.27. The second-order valence-electron chi connectivity index (χ2n) is 6.19. The molecule has 2 aromatic carbocycles. The summed E-state index contributed by atoms with van der Waals surface area (Å²) in [6.07, 6.45) is 3.51. The summed E-state index contributed by atoms with van der Waals surface area (Å²) in [5.41, 5.74) is 0.713. The van der Waals surface area contributed by atoms with Gasteiger partial charge < -0.3 is 5.32 Å². The average Bonchev–Trinajstić information content (AvgIpc) is 2.47. The zero-order valence-corrected chi connectivity index (χ0v) is 14.1. The number of amides is 1. The lowest BCUT2D eigenvalue weighted by molar-refractivity contribution is -0.124. The molecular formula is C18H18FNO3S. The third-order valence-corrected chi connectivity index (χ3v) is 5.71. The smallest absolute Gasteiger partial charge is 0.235 e. The van der Waals surface area contributed by atoms with Crippen LogP contribution in [0.3, 0.4) is 0 Å². The Balaban J connectivity index is 1.81. The monoisotopic (exact) mass is 347 g/mol. The van der Waals surface area contributed by atoms with Crippen molar-refractivity contribution in [1.82, 2.24) is 0 Å². The number of sulfone groups is 1. The molecule has 0 unspecified atom stereocenters. The molecule has 0 radical (unpaired) electrons. The number of benzene rings is 2. The molecular weight excluding hydrogens is 329 g/mol. The highest BCUT2D eigenvalue weighted by atomic mass is 32.2. The second-order valence-corrected chi connectivity index (χ2v) is 8.21. The molecule has 1 saturated carbocycles. The molecule has 1 fully saturated rings. The van der Waals surface area contributed by atoms with E-state index in [1.54, 1.807) is 24.3 Å². The second kappa shape index (κ2) is 6.02. The molecule has 0 spiro atoms. The van der Waals surface area contributed by atoms with E-state index in [1.165, 1.54) is 24.3 Å². The molecule has 0 saturated heterocycles. The van der Waals surface area contributed by atoms with Crippen LogP contribution in [0, 0.1) is 5.82 Å². The van der Waals surface area contributed by atoms with Gasteiger partial charge in [0.2, 0.25) is 5.91 Å². The Hall–Kier alpha value is -2.21. The van der Waals surface area contributed by atoms with E-state index in [-0.39, 0.29) is 16.6 Å². The van der Waals surface area contributed by atoms with E-state index in [2.05, 4.69) is 5.32 Å². The quantitative estimate of drug-likeness (QED) is 0.923. The van der Waals surface area contributed by atoms with E-state index < -0.39 is 15.3 Å². The first kappa shape index (κ1) is 16.6. The first-order valence-electron chi connectivity index (χ1n) is 7.69. The van der Waals surface area contributed by atoms with Gasteiger partial charge in [-0.25, -0.2) is 12.8 Å². The zero-order chi connectivity index (χ0) is 17.4. The Morgan fingerprint density at radius 3 is 2.08 bits per heavy atom. The number of carbonyl (C=O) groups excluding carboxylic acids is 1. The Morgan fingerprint density at radius 2 is 1.62 bits per heavy atom. The SMILES string of the molecule is CS(=O)(=O)c1ccc(NC(=O)C2(c3ccc(F)cc3)CCC2)cc1. The topological polar surface area (TPSA) is 63.2 Å². The number of nitrogens with one attached hydrogen (secondary N) is 1. The van der Waals surface area contributed by atoms with Gasteiger partial charge in [-0.2, -0.15) is 0 Å². The lowest BCUT2D eigenvalue weighted by atomic mass is 9.64. The van der Waals surface area contributed by atoms with Gasteiger partial charge in [0.1, 0.15) is 5.82 Å². The summed E-state index contributed by atoms with van der Waals surface area (Å²) < 4.78 is 36.1. The van der Waals surface area contributed by atoms with Gasteiger partial charge in [-0.3, -0.25) is 4.79 Å². The van der Waals surface area contributed by atoms with E-state index in [9.17, 15) is 17.6 Å². The Morgan fingerprint density at radius 1 is 1.04 bits per heavy atom. The van der Waals surface area contributed by atoms with Crippen molar-refractivity contribution < 1.29 is 17.6 Å². The van der Waals surface area contributed by atoms with Gasteiger partial charge in [-0.1, -0.05) is 18.6 Å². The van der Waals surface area contributed by atoms with Crippen LogP contribution < -0.4 is 5.32 Å². The van der Waals surface area contributed by atoms with Crippen molar-refractivity contribution in [3.63, 3.8) is 0 Å². The molecule has 0 heterocycles. The highest BCUT2D eigenvalue weighted by molar-refractivity contribution is 7.90. The largest absolute Gasteiger partial charge is 0.325 e. The summed E-state index contributed by atoms with van der Waals surface area (Å²) in [5, 5.41) is 2.85. The molecule has 126 valence electrons. The van der Waals surface area contributed by atoms with E-state index in [4.69, 9.17) is 0 Å². The lowest BCUT2D eigenvalue weighted by Crippen LogP contribution is -2.46. The molecule has 2 aromatic rings. The van der Waals surface area contributed by atoms with Crippen LogP contribution in [-0.4, -0.2) is 20.6 Å². The van der Waals surface area contributed by atoms with Gasteiger partial charge in [0.15, 0.2) is 9.84 Å². The third kappa shape index (κ3) is 3.06. The molecule has 0 aromatic heterocycles. The average molecular weight is 347 g/mol. The molecule has 4 nitrogen and oxygen atoms in total. The molecule has 1 amide bonds. The fraction of sp³-hybridized carbons (Fsp3) is 0.278. The van der Waals surface area contributed by atoms with E-state index in [0.29, 0.717) is 18.5 Å². The lowest BCUT2D eigenvalue weighted by Gasteiger charge is -2.40. The molecule has 1 aliphatic rings. The highest BCUT2D eigenvalue weighted by Crippen LogP contribution is 2.44. The van der Waals surface area contributed by atoms with Crippen molar-refractivity contribution in [3.8, 4) is 0 Å². The molecule has 1 aliphatic carbocycles. The van der Waals surface area contributed by atoms with Crippen molar-refractivity contribution in [3.05, 3.63) is 59.9 Å². The number of hydrogen-bond donors (Lipinski definition) is 1. The van der Waals surface area contributed by atoms with Crippen LogP contribution in [0.5, 0.6) is 0 Å². The number of hydrogen-bond acceptors (Lipinski definition) is 3. The van der Waals surface area contributed by atoms with E-state index in [1.807, 2.05) is 0 Å². The summed E-state index contributed by atoms with van der Waals surface area (Å²) in [6, 6.07) is 12.1. The van der Waals surface area contributed by atoms with Gasteiger partial charge in [0, 0.05) is 11.9 Å². The van der Waals surface area contributed by atoms with Gasteiger partial charge >= 0.3 is 0 Å². The normalized spacial score (nSPS) is 16.2. The standard InChI is InChI=1S/C18H18FNO3S/c1-24(22,23)16-9-7-15(8-10-16)20-17(21)18(11-2-12-18)13-3-5-14(19)6-4-13/h3-10H,2,11-12H2,1H3,(H,20,21). The predicted octanol–water partition coefficient (Wildman–Crippen LogP) is 3.29. The maximum absolute atomic E-state index is 13.1. The Bertz CT molecular complexity index is 854. The molecule has 0 bridgehead atoms. The van der Waals surface area contributed by atoms with Gasteiger partial charge in [0.05, 0.1) is 10.3 Å². The van der Waals surface area contributed by atoms with Gasteiger partial charge in [0.25, 0.3) is 0 Å². The van der Waals surface area contributed by atoms with Crippen molar-refractivity contribution >= 4 is 21.4 Å². The molecule has 3 rings (SSSR count). The highest BCUT2D eigenvalue weighted by Gasteiger charge is 2.45. The molecule has 0 atom stereocenters. The number of anilines is 1. The molecule has 1 N–H and O–H groups in total. The fourth-order valence-electron chi connectivity index (χ4n) is 2.98. The van der Waals surface area contributed by atoms with E-state index >= 15 is 0 Å². The molecule has 6 heteroatoms. The fourth-order valence-corrected chi connectivity index (χ4v) is 3.61. The van der Waals surface area contributed by atoms with Crippen LogP contribution >= 0.6 is 0 Å². The summed E-state index contributed by atoms with van der Waals surface area (Å²) in [6.45, 7) is 0. The van der Waals surface area contributed by atoms with Crippen molar-refractivity contribution in [2.75, 3.05) is 11.6 Å². The van der Waals surface area contributed by atoms with Gasteiger partial charge in [-0.15, -0.1) is 0 Å². The Labute approximate surface area is 140 Å². The first-order chi connectivity index (χ1) is 11.3. The number of rotatable bonds is 4. The van der Waals surface area contributed by atoms with Crippen molar-refractivity contribution in [2.24, 2.45) is 0 Å². The van der Waals surface area contributed by atoms with Gasteiger partial charge in [-0.05, 0) is 54.8 Å². The third-order valence-electron chi connectivity index (χ3n) is 4.58. The minimum atomic E-state index is -3.27. The van der Waals surface area contributed by atoms with Crippen LogP contribution in [-0.2, 0) is 20.0 Å². The minimum absolute atomic E-state index is 0.146. The van der Waals surface area contributed by atoms with E-state index in [0.717, 1.165) is 18.2 Å². The van der Waals surface area contributed by atoms with Crippen molar-refractivity contribution in [1.29, 1.82) is 0 Å². The van der Waals surface area contributed by atoms with Crippen molar-refractivity contribution in [2.45, 2.75) is 29.6 Å². The minimum Gasteiger partial charge on any atom is -0.325 e. The summed E-state index contributed by atoms with van der Waals surface area (Å²) in [5.74, 6) is -0.475. The predicted molar refractivity (Wildman–Crippen MR) is 90.1 cm³/mol. The summed E-state index contributed by atoms with van der Waals surface area (Å²) >= 11 is 0. The van der Waals surface area contributed by atoms with Crippen LogP contribution in [0.1, 0.15) is 24.8 Å². The van der Waals surface area contributed by atoms with Crippen LogP contribution in [0.4, 0.5) is 10.1 Å². The maximum Gasteiger partial charge on any atom is 0.235 e. The zero-order valence-electron chi connectivity index (χ0n) is 13.3. The van der Waals surface area contributed by atoms with Crippen LogP contribution in [0.15, 0.2) is 53.4 Å². The summed E-state index contributed by atoms with van der Waals surface area (Å²) in [4.78, 5) is 13.0. The van der Waals surface area contributed by atoms with Crippen LogP contribution in [0.25, 0.3) is 0 Å². The maximum atomic E-state index is 13.1. The van der Waals surface area contributed by atoms with Crippen LogP contribution in [0.2, 0.25) is 0 Å². The molecule has 24 heavy (non-hydrogen) atoms. The number of carbonyl (C=O) groups is 1. The molecule has 0 aliphatic heterocycles.